The SMILES string of the molecule is CCCCOC(=O)CCCCCC(=O)Oc1cccc(Cl)c1. The van der Waals surface area contributed by atoms with E-state index in [1.807, 2.05) is 0 Å². The monoisotopic (exact) mass is 326 g/mol. The Labute approximate surface area is 136 Å². The zero-order valence-corrected chi connectivity index (χ0v) is 13.7. The van der Waals surface area contributed by atoms with E-state index >= 15 is 0 Å². The van der Waals surface area contributed by atoms with Crippen LogP contribution in [0.2, 0.25) is 5.02 Å². The molecule has 22 heavy (non-hydrogen) atoms. The molecule has 1 aromatic rings. The molecule has 1 aromatic carbocycles. The lowest BCUT2D eigenvalue weighted by Crippen LogP contribution is -2.08. The van der Waals surface area contributed by atoms with Crippen LogP contribution in [0.15, 0.2) is 24.3 Å². The number of carbonyl (C=O) groups excluding carboxylic acids is 2. The number of halogens is 1. The van der Waals surface area contributed by atoms with E-state index in [1.54, 1.807) is 24.3 Å². The van der Waals surface area contributed by atoms with Gasteiger partial charge in [0.2, 0.25) is 0 Å². The normalized spacial score (nSPS) is 10.3. The first kappa shape index (κ1) is 18.5. The molecule has 122 valence electrons. The van der Waals surface area contributed by atoms with Gasteiger partial charge in [-0.05, 0) is 37.5 Å². The summed E-state index contributed by atoms with van der Waals surface area (Å²) in [5.41, 5.74) is 0. The van der Waals surface area contributed by atoms with Crippen LogP contribution in [0.4, 0.5) is 0 Å². The van der Waals surface area contributed by atoms with Crippen LogP contribution in [0.5, 0.6) is 5.75 Å². The van der Waals surface area contributed by atoms with Crippen molar-refractivity contribution in [2.24, 2.45) is 0 Å². The fraction of sp³-hybridized carbons (Fsp3) is 0.529. The predicted molar refractivity (Wildman–Crippen MR) is 86.0 cm³/mol. The molecular weight excluding hydrogens is 304 g/mol. The van der Waals surface area contributed by atoms with Crippen LogP contribution in [0.25, 0.3) is 0 Å². The van der Waals surface area contributed by atoms with Gasteiger partial charge in [0.25, 0.3) is 0 Å². The molecule has 0 N–H and O–H groups in total. The summed E-state index contributed by atoms with van der Waals surface area (Å²) in [5, 5.41) is 0.534. The first-order chi connectivity index (χ1) is 10.6. The minimum atomic E-state index is -0.284. The van der Waals surface area contributed by atoms with Gasteiger partial charge in [0.15, 0.2) is 0 Å². The molecule has 1 rings (SSSR count). The van der Waals surface area contributed by atoms with Crippen molar-refractivity contribution in [3.8, 4) is 5.75 Å². The molecule has 0 radical (unpaired) electrons. The van der Waals surface area contributed by atoms with Gasteiger partial charge in [0, 0.05) is 17.9 Å². The zero-order valence-electron chi connectivity index (χ0n) is 13.0. The molecule has 0 bridgehead atoms. The van der Waals surface area contributed by atoms with Crippen LogP contribution in [-0.2, 0) is 14.3 Å². The lowest BCUT2D eigenvalue weighted by molar-refractivity contribution is -0.143. The molecule has 0 saturated heterocycles. The highest BCUT2D eigenvalue weighted by molar-refractivity contribution is 6.30. The number of hydrogen-bond donors (Lipinski definition) is 0. The first-order valence-corrected chi connectivity index (χ1v) is 8.11. The van der Waals surface area contributed by atoms with E-state index < -0.39 is 0 Å². The van der Waals surface area contributed by atoms with Crippen LogP contribution in [-0.4, -0.2) is 18.5 Å². The topological polar surface area (TPSA) is 52.6 Å². The molecule has 0 aliphatic carbocycles. The number of hydrogen-bond acceptors (Lipinski definition) is 4. The lowest BCUT2D eigenvalue weighted by atomic mass is 10.1. The molecule has 0 aromatic heterocycles. The maximum absolute atomic E-state index is 11.6. The van der Waals surface area contributed by atoms with Crippen molar-refractivity contribution in [1.29, 1.82) is 0 Å². The second kappa shape index (κ2) is 11.1. The average molecular weight is 327 g/mol. The number of benzene rings is 1. The molecule has 0 heterocycles. The van der Waals surface area contributed by atoms with Crippen LogP contribution < -0.4 is 4.74 Å². The Morgan fingerprint density at radius 2 is 1.77 bits per heavy atom. The van der Waals surface area contributed by atoms with E-state index in [2.05, 4.69) is 6.92 Å². The Bertz CT molecular complexity index is 473. The van der Waals surface area contributed by atoms with Crippen molar-refractivity contribution >= 4 is 23.5 Å². The molecule has 0 aliphatic heterocycles. The maximum atomic E-state index is 11.6. The fourth-order valence-electron chi connectivity index (χ4n) is 1.83. The van der Waals surface area contributed by atoms with Crippen molar-refractivity contribution in [3.63, 3.8) is 0 Å². The van der Waals surface area contributed by atoms with Gasteiger partial charge < -0.3 is 9.47 Å². The van der Waals surface area contributed by atoms with Crippen molar-refractivity contribution in [2.75, 3.05) is 6.61 Å². The third kappa shape index (κ3) is 8.67. The second-order valence-corrected chi connectivity index (χ2v) is 5.50. The molecule has 0 fully saturated rings. The van der Waals surface area contributed by atoms with Crippen molar-refractivity contribution in [3.05, 3.63) is 29.3 Å². The Hall–Kier alpha value is -1.55. The fourth-order valence-corrected chi connectivity index (χ4v) is 2.01. The maximum Gasteiger partial charge on any atom is 0.311 e. The summed E-state index contributed by atoms with van der Waals surface area (Å²) in [6.45, 7) is 2.55. The van der Waals surface area contributed by atoms with Gasteiger partial charge in [-0.1, -0.05) is 37.4 Å². The lowest BCUT2D eigenvalue weighted by Gasteiger charge is -2.05. The van der Waals surface area contributed by atoms with Gasteiger partial charge in [-0.2, -0.15) is 0 Å². The van der Waals surface area contributed by atoms with Crippen molar-refractivity contribution in [2.45, 2.75) is 51.9 Å². The summed E-state index contributed by atoms with van der Waals surface area (Å²) in [6.07, 6.45) is 4.89. The summed E-state index contributed by atoms with van der Waals surface area (Å²) < 4.78 is 10.2. The van der Waals surface area contributed by atoms with Gasteiger partial charge in [0.05, 0.1) is 6.61 Å². The molecular formula is C17H23ClO4. The van der Waals surface area contributed by atoms with Gasteiger partial charge >= 0.3 is 11.9 Å². The van der Waals surface area contributed by atoms with Crippen molar-refractivity contribution in [1.82, 2.24) is 0 Å². The zero-order chi connectivity index (χ0) is 16.2. The highest BCUT2D eigenvalue weighted by atomic mass is 35.5. The Morgan fingerprint density at radius 3 is 2.45 bits per heavy atom. The number of carbonyl (C=O) groups is 2. The molecule has 5 heteroatoms. The summed E-state index contributed by atoms with van der Waals surface area (Å²) in [4.78, 5) is 23.0. The first-order valence-electron chi connectivity index (χ1n) is 7.73. The standard InChI is InChI=1S/C17H23ClO4/c1-2-3-12-21-16(19)10-5-4-6-11-17(20)22-15-9-7-8-14(18)13-15/h7-9,13H,2-6,10-12H2,1H3. The summed E-state index contributed by atoms with van der Waals surface area (Å²) >= 11 is 5.81. The third-order valence-corrected chi connectivity index (χ3v) is 3.29. The highest BCUT2D eigenvalue weighted by Gasteiger charge is 2.06. The number of ether oxygens (including phenoxy) is 2. The number of unbranched alkanes of at least 4 members (excludes halogenated alkanes) is 3. The summed E-state index contributed by atoms with van der Waals surface area (Å²) in [5.74, 6) is 0.0137. The Morgan fingerprint density at radius 1 is 1.05 bits per heavy atom. The quantitative estimate of drug-likeness (QED) is 0.360. The minimum Gasteiger partial charge on any atom is -0.466 e. The highest BCUT2D eigenvalue weighted by Crippen LogP contribution is 2.18. The summed E-state index contributed by atoms with van der Waals surface area (Å²) in [7, 11) is 0. The molecule has 0 saturated carbocycles. The van der Waals surface area contributed by atoms with E-state index in [1.165, 1.54) is 0 Å². The van der Waals surface area contributed by atoms with Gasteiger partial charge in [-0.3, -0.25) is 9.59 Å². The van der Waals surface area contributed by atoms with Crippen LogP contribution in [0.1, 0.15) is 51.9 Å². The number of rotatable bonds is 10. The Balaban J connectivity index is 2.07. The molecule has 0 unspecified atom stereocenters. The molecule has 0 aliphatic rings. The number of esters is 2. The van der Waals surface area contributed by atoms with Gasteiger partial charge in [-0.15, -0.1) is 0 Å². The van der Waals surface area contributed by atoms with E-state index in [4.69, 9.17) is 21.1 Å². The minimum absolute atomic E-state index is 0.157. The average Bonchev–Trinajstić information content (AvgIpc) is 2.47. The van der Waals surface area contributed by atoms with E-state index in [0.29, 0.717) is 36.6 Å². The third-order valence-electron chi connectivity index (χ3n) is 3.05. The van der Waals surface area contributed by atoms with Crippen LogP contribution in [0.3, 0.4) is 0 Å². The van der Waals surface area contributed by atoms with E-state index in [9.17, 15) is 9.59 Å². The van der Waals surface area contributed by atoms with E-state index in [-0.39, 0.29) is 11.9 Å². The van der Waals surface area contributed by atoms with Crippen molar-refractivity contribution < 1.29 is 19.1 Å². The largest absolute Gasteiger partial charge is 0.466 e. The Kier molecular flexibility index (Phi) is 9.31. The molecule has 0 amide bonds. The van der Waals surface area contributed by atoms with Crippen LogP contribution in [0, 0.1) is 0 Å². The smallest absolute Gasteiger partial charge is 0.311 e. The van der Waals surface area contributed by atoms with Crippen LogP contribution >= 0.6 is 11.6 Å². The van der Waals surface area contributed by atoms with E-state index in [0.717, 1.165) is 25.7 Å². The van der Waals surface area contributed by atoms with Gasteiger partial charge in [-0.25, -0.2) is 0 Å². The summed E-state index contributed by atoms with van der Waals surface area (Å²) in [6, 6.07) is 6.75. The molecule has 0 atom stereocenters. The van der Waals surface area contributed by atoms with Gasteiger partial charge in [0.1, 0.15) is 5.75 Å². The molecule has 0 spiro atoms. The second-order valence-electron chi connectivity index (χ2n) is 5.07. The molecule has 4 nitrogen and oxygen atoms in total. The predicted octanol–water partition coefficient (Wildman–Crippen LogP) is 4.54.